The van der Waals surface area contributed by atoms with Gasteiger partial charge >= 0.3 is 5.97 Å². The number of aromatic nitrogens is 2. The summed E-state index contributed by atoms with van der Waals surface area (Å²) < 4.78 is 0. The first-order valence-corrected chi connectivity index (χ1v) is 6.29. The minimum Gasteiger partial charge on any atom is -0.478 e. The molecule has 3 N–H and O–H groups in total. The maximum Gasteiger partial charge on any atom is 0.328 e. The van der Waals surface area contributed by atoms with E-state index in [-0.39, 0.29) is 5.91 Å². The van der Waals surface area contributed by atoms with Gasteiger partial charge in [0, 0.05) is 17.2 Å². The van der Waals surface area contributed by atoms with Crippen molar-refractivity contribution in [1.82, 2.24) is 15.5 Å². The molecule has 0 aliphatic carbocycles. The van der Waals surface area contributed by atoms with E-state index >= 15 is 0 Å². The highest BCUT2D eigenvalue weighted by Gasteiger charge is 2.08. The van der Waals surface area contributed by atoms with Crippen molar-refractivity contribution in [2.45, 2.75) is 6.54 Å². The van der Waals surface area contributed by atoms with Crippen LogP contribution in [0, 0.1) is 0 Å². The van der Waals surface area contributed by atoms with Crippen molar-refractivity contribution >= 4 is 29.3 Å². The third kappa shape index (κ3) is 3.52. The molecule has 0 aliphatic rings. The first kappa shape index (κ1) is 13.0. The summed E-state index contributed by atoms with van der Waals surface area (Å²) in [5.41, 5.74) is 1.25. The molecule has 0 radical (unpaired) electrons. The van der Waals surface area contributed by atoms with Crippen molar-refractivity contribution in [2.75, 3.05) is 0 Å². The van der Waals surface area contributed by atoms with E-state index < -0.39 is 5.97 Å². The molecular weight excluding hydrogens is 266 g/mol. The van der Waals surface area contributed by atoms with Crippen LogP contribution in [-0.2, 0) is 11.3 Å². The molecule has 98 valence electrons. The van der Waals surface area contributed by atoms with Gasteiger partial charge in [-0.3, -0.25) is 9.89 Å². The first-order valence-electron chi connectivity index (χ1n) is 5.41. The van der Waals surface area contributed by atoms with E-state index in [1.54, 1.807) is 0 Å². The Kier molecular flexibility index (Phi) is 4.09. The molecule has 0 spiro atoms. The Morgan fingerprint density at radius 2 is 2.37 bits per heavy atom. The highest BCUT2D eigenvalue weighted by molar-refractivity contribution is 7.10. The second-order valence-corrected chi connectivity index (χ2v) is 4.64. The van der Waals surface area contributed by atoms with Crippen molar-refractivity contribution in [2.24, 2.45) is 0 Å². The number of hydrogen-bond acceptors (Lipinski definition) is 4. The van der Waals surface area contributed by atoms with Crippen LogP contribution >= 0.6 is 11.3 Å². The predicted molar refractivity (Wildman–Crippen MR) is 70.7 cm³/mol. The monoisotopic (exact) mass is 277 g/mol. The number of carboxylic acids is 1. The maximum atomic E-state index is 11.7. The van der Waals surface area contributed by atoms with Crippen LogP contribution in [-0.4, -0.2) is 27.2 Å². The van der Waals surface area contributed by atoms with E-state index in [1.807, 2.05) is 11.4 Å². The van der Waals surface area contributed by atoms with Gasteiger partial charge in [-0.15, -0.1) is 11.3 Å². The fourth-order valence-corrected chi connectivity index (χ4v) is 2.25. The van der Waals surface area contributed by atoms with Gasteiger partial charge in [-0.2, -0.15) is 5.10 Å². The van der Waals surface area contributed by atoms with Gasteiger partial charge in [-0.25, -0.2) is 4.79 Å². The zero-order valence-electron chi connectivity index (χ0n) is 9.79. The SMILES string of the molecule is O=C(O)C=Cc1ccsc1CNC(=O)c1cn[nH]c1. The minimum atomic E-state index is -1.00. The Morgan fingerprint density at radius 3 is 3.05 bits per heavy atom. The molecule has 7 heteroatoms. The average molecular weight is 277 g/mol. The van der Waals surface area contributed by atoms with Gasteiger partial charge in [0.1, 0.15) is 0 Å². The number of nitrogens with one attached hydrogen (secondary N) is 2. The van der Waals surface area contributed by atoms with Crippen molar-refractivity contribution in [3.05, 3.63) is 45.9 Å². The van der Waals surface area contributed by atoms with Gasteiger partial charge in [-0.1, -0.05) is 0 Å². The number of amides is 1. The molecule has 0 saturated carbocycles. The molecule has 2 aromatic rings. The number of H-pyrrole nitrogens is 1. The second kappa shape index (κ2) is 5.96. The topological polar surface area (TPSA) is 95.1 Å². The first-order chi connectivity index (χ1) is 9.16. The number of aliphatic carboxylic acids is 1. The molecule has 6 nitrogen and oxygen atoms in total. The summed E-state index contributed by atoms with van der Waals surface area (Å²) in [7, 11) is 0. The van der Waals surface area contributed by atoms with E-state index in [1.165, 1.54) is 29.8 Å². The average Bonchev–Trinajstić information content (AvgIpc) is 3.04. The standard InChI is InChI=1S/C12H11N3O3S/c16-11(17)2-1-8-3-4-19-10(8)7-13-12(18)9-5-14-15-6-9/h1-6H,7H2,(H,13,18)(H,14,15)(H,16,17). The summed E-state index contributed by atoms with van der Waals surface area (Å²) in [5.74, 6) is -1.23. The largest absolute Gasteiger partial charge is 0.478 e. The lowest BCUT2D eigenvalue weighted by Crippen LogP contribution is -2.22. The molecule has 1 amide bonds. The number of hydrogen-bond donors (Lipinski definition) is 3. The normalized spacial score (nSPS) is 10.7. The molecule has 0 aliphatic heterocycles. The second-order valence-electron chi connectivity index (χ2n) is 3.64. The molecule has 2 rings (SSSR count). The third-order valence-electron chi connectivity index (χ3n) is 2.36. The molecular formula is C12H11N3O3S. The number of carbonyl (C=O) groups excluding carboxylic acids is 1. The lowest BCUT2D eigenvalue weighted by Gasteiger charge is -2.02. The van der Waals surface area contributed by atoms with E-state index in [4.69, 9.17) is 5.11 Å². The van der Waals surface area contributed by atoms with E-state index in [9.17, 15) is 9.59 Å². The Hall–Kier alpha value is -2.41. The highest BCUT2D eigenvalue weighted by Crippen LogP contribution is 2.18. The Morgan fingerprint density at radius 1 is 1.53 bits per heavy atom. The summed E-state index contributed by atoms with van der Waals surface area (Å²) in [5, 5.41) is 19.4. The molecule has 0 unspecified atom stereocenters. The zero-order valence-corrected chi connectivity index (χ0v) is 10.6. The minimum absolute atomic E-state index is 0.227. The molecule has 0 aromatic carbocycles. The molecule has 0 bridgehead atoms. The Labute approximate surface area is 112 Å². The van der Waals surface area contributed by atoms with Gasteiger partial charge in [0.2, 0.25) is 0 Å². The Bertz CT molecular complexity index is 602. The van der Waals surface area contributed by atoms with Gasteiger partial charge in [0.15, 0.2) is 0 Å². The van der Waals surface area contributed by atoms with Crippen LogP contribution in [0.25, 0.3) is 6.08 Å². The van der Waals surface area contributed by atoms with E-state index in [2.05, 4.69) is 15.5 Å². The molecule has 0 atom stereocenters. The lowest BCUT2D eigenvalue weighted by molar-refractivity contribution is -0.131. The van der Waals surface area contributed by atoms with Crippen molar-refractivity contribution in [3.8, 4) is 0 Å². The molecule has 2 heterocycles. The van der Waals surface area contributed by atoms with E-state index in [0.29, 0.717) is 12.1 Å². The highest BCUT2D eigenvalue weighted by atomic mass is 32.1. The fourth-order valence-electron chi connectivity index (χ4n) is 1.44. The van der Waals surface area contributed by atoms with Crippen LogP contribution < -0.4 is 5.32 Å². The van der Waals surface area contributed by atoms with Crippen LogP contribution in [0.5, 0.6) is 0 Å². The number of rotatable bonds is 5. The lowest BCUT2D eigenvalue weighted by atomic mass is 10.2. The third-order valence-corrected chi connectivity index (χ3v) is 3.29. The van der Waals surface area contributed by atoms with Gasteiger partial charge < -0.3 is 10.4 Å². The number of aromatic amines is 1. The summed E-state index contributed by atoms with van der Waals surface area (Å²) in [6.07, 6.45) is 5.53. The quantitative estimate of drug-likeness (QED) is 0.722. The van der Waals surface area contributed by atoms with Crippen LogP contribution in [0.3, 0.4) is 0 Å². The smallest absolute Gasteiger partial charge is 0.328 e. The van der Waals surface area contributed by atoms with Crippen LogP contribution in [0.2, 0.25) is 0 Å². The fraction of sp³-hybridized carbons (Fsp3) is 0.0833. The maximum absolute atomic E-state index is 11.7. The summed E-state index contributed by atoms with van der Waals surface area (Å²) in [6.45, 7) is 0.348. The number of carbonyl (C=O) groups is 2. The van der Waals surface area contributed by atoms with E-state index in [0.717, 1.165) is 16.5 Å². The Balaban J connectivity index is 1.98. The number of carboxylic acid groups (broad SMARTS) is 1. The summed E-state index contributed by atoms with van der Waals surface area (Å²) in [4.78, 5) is 23.1. The van der Waals surface area contributed by atoms with Crippen molar-refractivity contribution < 1.29 is 14.7 Å². The van der Waals surface area contributed by atoms with Crippen molar-refractivity contribution in [1.29, 1.82) is 0 Å². The molecule has 0 saturated heterocycles. The zero-order chi connectivity index (χ0) is 13.7. The van der Waals surface area contributed by atoms with Crippen LogP contribution in [0.4, 0.5) is 0 Å². The van der Waals surface area contributed by atoms with Crippen LogP contribution in [0.15, 0.2) is 29.9 Å². The molecule has 19 heavy (non-hydrogen) atoms. The van der Waals surface area contributed by atoms with Gasteiger partial charge in [-0.05, 0) is 23.1 Å². The van der Waals surface area contributed by atoms with Gasteiger partial charge in [0.25, 0.3) is 5.91 Å². The predicted octanol–water partition coefficient (Wildman–Crippen LogP) is 1.50. The summed E-state index contributed by atoms with van der Waals surface area (Å²) >= 11 is 1.46. The summed E-state index contributed by atoms with van der Waals surface area (Å²) in [6, 6.07) is 1.81. The van der Waals surface area contributed by atoms with Crippen LogP contribution in [0.1, 0.15) is 20.8 Å². The van der Waals surface area contributed by atoms with Gasteiger partial charge in [0.05, 0.1) is 18.3 Å². The molecule has 0 fully saturated rings. The van der Waals surface area contributed by atoms with Crippen molar-refractivity contribution in [3.63, 3.8) is 0 Å². The molecule has 2 aromatic heterocycles. The number of nitrogens with zero attached hydrogens (tertiary/aromatic N) is 1. The number of thiophene rings is 1.